The third-order valence-corrected chi connectivity index (χ3v) is 4.82. The summed E-state index contributed by atoms with van der Waals surface area (Å²) in [5.41, 5.74) is 2.39. The average Bonchev–Trinajstić information content (AvgIpc) is 2.67. The van der Waals surface area contributed by atoms with Gasteiger partial charge in [0.15, 0.2) is 5.78 Å². The lowest BCUT2D eigenvalue weighted by Crippen LogP contribution is -2.39. The SMILES string of the molecule is CC(=O)c1cccc(NC(=O)[C@H](C)N(C)Cc2ccc3ccccc3c2)c1. The van der Waals surface area contributed by atoms with Crippen LogP contribution in [0, 0.1) is 0 Å². The number of fused-ring (bicyclic) bond motifs is 1. The van der Waals surface area contributed by atoms with Gasteiger partial charge >= 0.3 is 0 Å². The summed E-state index contributed by atoms with van der Waals surface area (Å²) in [7, 11) is 1.94. The zero-order valence-electron chi connectivity index (χ0n) is 15.9. The van der Waals surface area contributed by atoms with E-state index in [2.05, 4.69) is 35.6 Å². The first-order chi connectivity index (χ1) is 12.9. The summed E-state index contributed by atoms with van der Waals surface area (Å²) in [6.07, 6.45) is 0. The number of nitrogens with zero attached hydrogens (tertiary/aromatic N) is 1. The van der Waals surface area contributed by atoms with Crippen molar-refractivity contribution in [1.82, 2.24) is 4.90 Å². The molecule has 4 nitrogen and oxygen atoms in total. The first kappa shape index (κ1) is 18.8. The summed E-state index contributed by atoms with van der Waals surface area (Å²) >= 11 is 0. The lowest BCUT2D eigenvalue weighted by Gasteiger charge is -2.24. The van der Waals surface area contributed by atoms with E-state index < -0.39 is 0 Å². The first-order valence-corrected chi connectivity index (χ1v) is 9.04. The first-order valence-electron chi connectivity index (χ1n) is 9.04. The molecule has 0 heterocycles. The molecule has 27 heavy (non-hydrogen) atoms. The van der Waals surface area contributed by atoms with E-state index in [-0.39, 0.29) is 17.7 Å². The molecule has 0 spiro atoms. The van der Waals surface area contributed by atoms with Crippen LogP contribution in [0.4, 0.5) is 5.69 Å². The molecule has 0 aliphatic rings. The van der Waals surface area contributed by atoms with Gasteiger partial charge in [0.1, 0.15) is 0 Å². The smallest absolute Gasteiger partial charge is 0.241 e. The van der Waals surface area contributed by atoms with Crippen LogP contribution in [0.2, 0.25) is 0 Å². The van der Waals surface area contributed by atoms with Crippen molar-refractivity contribution >= 4 is 28.2 Å². The fourth-order valence-corrected chi connectivity index (χ4v) is 3.02. The number of ketones is 1. The summed E-state index contributed by atoms with van der Waals surface area (Å²) in [4.78, 5) is 26.1. The number of nitrogens with one attached hydrogen (secondary N) is 1. The van der Waals surface area contributed by atoms with E-state index in [4.69, 9.17) is 0 Å². The molecule has 1 amide bonds. The van der Waals surface area contributed by atoms with Gasteiger partial charge in [-0.3, -0.25) is 14.5 Å². The van der Waals surface area contributed by atoms with Gasteiger partial charge in [0.05, 0.1) is 6.04 Å². The Morgan fingerprint density at radius 3 is 2.44 bits per heavy atom. The normalized spacial score (nSPS) is 12.1. The molecule has 0 saturated carbocycles. The Labute approximate surface area is 159 Å². The van der Waals surface area contributed by atoms with Crippen molar-refractivity contribution in [3.63, 3.8) is 0 Å². The van der Waals surface area contributed by atoms with Gasteiger partial charge < -0.3 is 5.32 Å². The van der Waals surface area contributed by atoms with Crippen molar-refractivity contribution in [2.75, 3.05) is 12.4 Å². The van der Waals surface area contributed by atoms with Crippen molar-refractivity contribution in [3.05, 3.63) is 77.9 Å². The number of hydrogen-bond acceptors (Lipinski definition) is 3. The summed E-state index contributed by atoms with van der Waals surface area (Å²) in [5.74, 6) is -0.119. The monoisotopic (exact) mass is 360 g/mol. The highest BCUT2D eigenvalue weighted by molar-refractivity contribution is 5.98. The Kier molecular flexibility index (Phi) is 5.67. The Bertz CT molecular complexity index is 981. The molecular weight excluding hydrogens is 336 g/mol. The third-order valence-electron chi connectivity index (χ3n) is 4.82. The molecule has 1 N–H and O–H groups in total. The van der Waals surface area contributed by atoms with Crippen LogP contribution < -0.4 is 5.32 Å². The van der Waals surface area contributed by atoms with E-state index in [1.165, 1.54) is 17.7 Å². The van der Waals surface area contributed by atoms with Crippen molar-refractivity contribution in [1.29, 1.82) is 0 Å². The molecule has 0 radical (unpaired) electrons. The van der Waals surface area contributed by atoms with Gasteiger partial charge in [-0.25, -0.2) is 0 Å². The van der Waals surface area contributed by atoms with E-state index in [0.29, 0.717) is 17.8 Å². The van der Waals surface area contributed by atoms with Gasteiger partial charge in [-0.15, -0.1) is 0 Å². The van der Waals surface area contributed by atoms with Crippen LogP contribution in [0.3, 0.4) is 0 Å². The second-order valence-electron chi connectivity index (χ2n) is 6.90. The molecule has 0 aromatic heterocycles. The standard InChI is InChI=1S/C23H24N2O2/c1-16(23(27)24-22-10-6-9-20(14-22)17(2)26)25(3)15-18-11-12-19-7-4-5-8-21(19)13-18/h4-14,16H,15H2,1-3H3,(H,24,27)/t16-/m0/s1. The van der Waals surface area contributed by atoms with E-state index in [1.54, 1.807) is 24.3 Å². The second kappa shape index (κ2) is 8.14. The van der Waals surface area contributed by atoms with Crippen LogP contribution in [0.5, 0.6) is 0 Å². The maximum absolute atomic E-state index is 12.6. The van der Waals surface area contributed by atoms with Crippen molar-refractivity contribution in [2.24, 2.45) is 0 Å². The highest BCUT2D eigenvalue weighted by Crippen LogP contribution is 2.18. The van der Waals surface area contributed by atoms with Crippen molar-refractivity contribution in [2.45, 2.75) is 26.4 Å². The fraction of sp³-hybridized carbons (Fsp3) is 0.217. The van der Waals surface area contributed by atoms with Gasteiger partial charge in [0.25, 0.3) is 0 Å². The quantitative estimate of drug-likeness (QED) is 0.659. The van der Waals surface area contributed by atoms with E-state index in [9.17, 15) is 9.59 Å². The van der Waals surface area contributed by atoms with Crippen molar-refractivity contribution in [3.8, 4) is 0 Å². The molecule has 0 fully saturated rings. The minimum absolute atomic E-state index is 0.0208. The molecule has 0 aliphatic carbocycles. The maximum Gasteiger partial charge on any atom is 0.241 e. The molecule has 3 rings (SSSR count). The number of Topliss-reactive ketones (excluding diaryl/α,β-unsaturated/α-hetero) is 1. The maximum atomic E-state index is 12.6. The van der Waals surface area contributed by atoms with E-state index >= 15 is 0 Å². The summed E-state index contributed by atoms with van der Waals surface area (Å²) in [6, 6.07) is 21.3. The van der Waals surface area contributed by atoms with Crippen molar-refractivity contribution < 1.29 is 9.59 Å². The Morgan fingerprint density at radius 2 is 1.70 bits per heavy atom. The molecule has 4 heteroatoms. The second-order valence-corrected chi connectivity index (χ2v) is 6.90. The van der Waals surface area contributed by atoms with Crippen LogP contribution in [0.15, 0.2) is 66.7 Å². The molecule has 1 atom stereocenters. The molecule has 0 bridgehead atoms. The average molecular weight is 360 g/mol. The molecule has 3 aromatic carbocycles. The summed E-state index contributed by atoms with van der Waals surface area (Å²) in [5, 5.41) is 5.30. The van der Waals surface area contributed by atoms with Crippen LogP contribution in [0.25, 0.3) is 10.8 Å². The fourth-order valence-electron chi connectivity index (χ4n) is 3.02. The number of benzene rings is 3. The Balaban J connectivity index is 1.66. The Hall–Kier alpha value is -2.98. The number of carbonyl (C=O) groups excluding carboxylic acids is 2. The highest BCUT2D eigenvalue weighted by atomic mass is 16.2. The summed E-state index contributed by atoms with van der Waals surface area (Å²) in [6.45, 7) is 4.07. The van der Waals surface area contributed by atoms with Crippen LogP contribution in [-0.2, 0) is 11.3 Å². The minimum atomic E-state index is -0.308. The topological polar surface area (TPSA) is 49.4 Å². The van der Waals surface area contributed by atoms with Gasteiger partial charge in [0.2, 0.25) is 5.91 Å². The van der Waals surface area contributed by atoms with Crippen LogP contribution in [0.1, 0.15) is 29.8 Å². The zero-order chi connectivity index (χ0) is 19.4. The summed E-state index contributed by atoms with van der Waals surface area (Å²) < 4.78 is 0. The van der Waals surface area contributed by atoms with E-state index in [0.717, 1.165) is 5.56 Å². The minimum Gasteiger partial charge on any atom is -0.325 e. The molecule has 3 aromatic rings. The van der Waals surface area contributed by atoms with Crippen LogP contribution >= 0.6 is 0 Å². The zero-order valence-corrected chi connectivity index (χ0v) is 15.9. The van der Waals surface area contributed by atoms with Crippen LogP contribution in [-0.4, -0.2) is 29.7 Å². The van der Waals surface area contributed by atoms with Gasteiger partial charge in [-0.1, -0.05) is 48.5 Å². The molecule has 0 aliphatic heterocycles. The number of hydrogen-bond donors (Lipinski definition) is 1. The van der Waals surface area contributed by atoms with Gasteiger partial charge in [0, 0.05) is 17.8 Å². The predicted octanol–water partition coefficient (Wildman–Crippen LogP) is 4.50. The number of carbonyl (C=O) groups is 2. The number of rotatable bonds is 6. The van der Waals surface area contributed by atoms with E-state index in [1.807, 2.05) is 31.0 Å². The molecule has 0 unspecified atom stereocenters. The number of anilines is 1. The largest absolute Gasteiger partial charge is 0.325 e. The van der Waals surface area contributed by atoms with Gasteiger partial charge in [-0.2, -0.15) is 0 Å². The van der Waals surface area contributed by atoms with Gasteiger partial charge in [-0.05, 0) is 55.4 Å². The molecule has 138 valence electrons. The number of likely N-dealkylation sites (N-methyl/N-ethyl adjacent to an activating group) is 1. The lowest BCUT2D eigenvalue weighted by atomic mass is 10.1. The number of amides is 1. The molecule has 0 saturated heterocycles. The third kappa shape index (κ3) is 4.60. The highest BCUT2D eigenvalue weighted by Gasteiger charge is 2.18. The predicted molar refractivity (Wildman–Crippen MR) is 110 cm³/mol. The Morgan fingerprint density at radius 1 is 0.963 bits per heavy atom. The molecular formula is C23H24N2O2. The lowest BCUT2D eigenvalue weighted by molar-refractivity contribution is -0.120.